The molecule has 0 spiro atoms. The van der Waals surface area contributed by atoms with Crippen LogP contribution in [0.3, 0.4) is 0 Å². The highest BCUT2D eigenvalue weighted by molar-refractivity contribution is 7.16. The fourth-order valence-electron chi connectivity index (χ4n) is 19.1. The van der Waals surface area contributed by atoms with E-state index in [0.29, 0.717) is 164 Å². The van der Waals surface area contributed by atoms with E-state index in [1.807, 2.05) is 146 Å². The molecule has 35 nitrogen and oxygen atoms in total. The summed E-state index contributed by atoms with van der Waals surface area (Å²) in [6.45, 7) is 8.28. The third-order valence-corrected chi connectivity index (χ3v) is 29.8. The number of carbonyl (C=O) groups excluding carboxylic acids is 6. The summed E-state index contributed by atoms with van der Waals surface area (Å²) in [5.41, 5.74) is 9.80. The molecule has 6 aliphatic heterocycles. The van der Waals surface area contributed by atoms with Gasteiger partial charge in [0.05, 0.1) is 76.2 Å². The number of ether oxygens (including phenoxy) is 7. The lowest BCUT2D eigenvalue weighted by molar-refractivity contribution is -0.138. The van der Waals surface area contributed by atoms with Gasteiger partial charge < -0.3 is 63.8 Å². The van der Waals surface area contributed by atoms with Gasteiger partial charge in [0.25, 0.3) is 17.7 Å². The maximum Gasteiger partial charge on any atom is 0.258 e. The Morgan fingerprint density at radius 3 is 1.05 bits per heavy atom. The van der Waals surface area contributed by atoms with Crippen LogP contribution < -0.4 is 25.4 Å². The number of anilines is 3. The number of aromatic amines is 3. The van der Waals surface area contributed by atoms with E-state index in [1.165, 1.54) is 53.3 Å². The summed E-state index contributed by atoms with van der Waals surface area (Å²) in [4.78, 5) is 127. The molecule has 6 amide bonds. The molecule has 6 N–H and O–H groups in total. The van der Waals surface area contributed by atoms with E-state index in [1.54, 1.807) is 123 Å². The van der Waals surface area contributed by atoms with Crippen molar-refractivity contribution in [2.75, 3.05) is 176 Å². The molecule has 6 aliphatic rings. The Labute approximate surface area is 859 Å². The number of hydrogen-bond donors (Lipinski definition) is 6. The number of H-pyrrole nitrogens is 3. The number of nitrogens with zero attached hydrogens (tertiary/aromatic N) is 16. The third kappa shape index (κ3) is 23.2. The quantitative estimate of drug-likeness (QED) is 0.0213. The Balaban J connectivity index is 0.000000140. The third-order valence-electron chi connectivity index (χ3n) is 27.4. The van der Waals surface area contributed by atoms with Crippen LogP contribution >= 0.6 is 22.7 Å². The molecule has 3 saturated heterocycles. The topological polar surface area (TPSA) is 399 Å². The molecule has 0 unspecified atom stereocenters. The van der Waals surface area contributed by atoms with Crippen molar-refractivity contribution in [3.8, 4) is 78.1 Å². The van der Waals surface area contributed by atoms with Gasteiger partial charge in [-0.2, -0.15) is 15.3 Å². The van der Waals surface area contributed by atoms with Crippen LogP contribution in [0.4, 0.5) is 25.8 Å². The van der Waals surface area contributed by atoms with E-state index in [0.717, 1.165) is 106 Å². The van der Waals surface area contributed by atoms with Crippen LogP contribution in [-0.4, -0.2) is 307 Å². The number of thiophene rings is 2. The summed E-state index contributed by atoms with van der Waals surface area (Å²) < 4.78 is 67.5. The molecule has 0 aliphatic carbocycles. The van der Waals surface area contributed by atoms with Gasteiger partial charge >= 0.3 is 0 Å². The van der Waals surface area contributed by atoms with Crippen LogP contribution in [0, 0.1) is 11.6 Å². The second-order valence-electron chi connectivity index (χ2n) is 36.6. The van der Waals surface area contributed by atoms with Gasteiger partial charge in [-0.05, 0) is 231 Å². The molecule has 0 saturated carbocycles. The Bertz CT molecular complexity index is 7380. The summed E-state index contributed by atoms with van der Waals surface area (Å²) in [6.07, 6.45) is 21.2. The molecular formula is C109H110F2N22O13S2. The first-order valence-corrected chi connectivity index (χ1v) is 50.3. The van der Waals surface area contributed by atoms with Crippen molar-refractivity contribution in [3.05, 3.63) is 265 Å². The molecule has 3 atom stereocenters. The van der Waals surface area contributed by atoms with E-state index >= 15 is 4.39 Å². The highest BCUT2D eigenvalue weighted by Gasteiger charge is 2.49. The molecule has 6 aromatic carbocycles. The number of fused-ring (bicyclic) bond motifs is 3. The lowest BCUT2D eigenvalue weighted by Crippen LogP contribution is -2.48. The number of amides is 6. The largest absolute Gasteiger partial charge is 0.491 e. The lowest BCUT2D eigenvalue weighted by Gasteiger charge is -2.29. The van der Waals surface area contributed by atoms with Crippen LogP contribution in [0.15, 0.2) is 238 Å². The average Bonchev–Trinajstić information content (AvgIpc) is 1.62. The van der Waals surface area contributed by atoms with Crippen LogP contribution in [0.5, 0.6) is 11.5 Å². The number of nitrogens with one attached hydrogen (secondary N) is 6. The normalized spacial score (nSPS) is 18.0. The Hall–Kier alpha value is -15.3. The van der Waals surface area contributed by atoms with Crippen molar-refractivity contribution in [2.24, 2.45) is 0 Å². The molecule has 760 valence electrons. The van der Waals surface area contributed by atoms with E-state index in [9.17, 15) is 33.2 Å². The van der Waals surface area contributed by atoms with Crippen molar-refractivity contribution < 1.29 is 70.7 Å². The first kappa shape index (κ1) is 101. The van der Waals surface area contributed by atoms with Crippen molar-refractivity contribution in [2.45, 2.75) is 55.3 Å². The van der Waals surface area contributed by atoms with Crippen LogP contribution in [-0.2, 0) is 52.5 Å². The Kier molecular flexibility index (Phi) is 31.6. The second kappa shape index (κ2) is 46.2. The molecule has 0 radical (unpaired) electrons. The first-order valence-electron chi connectivity index (χ1n) is 48.7. The summed E-state index contributed by atoms with van der Waals surface area (Å²) in [5.74, 6) is 1.78. The number of halogens is 2. The van der Waals surface area contributed by atoms with Crippen molar-refractivity contribution in [1.29, 1.82) is 0 Å². The number of carbonyl (C=O) groups is 6. The maximum atomic E-state index is 15.0. The van der Waals surface area contributed by atoms with Crippen LogP contribution in [0.25, 0.3) is 116 Å². The summed E-state index contributed by atoms with van der Waals surface area (Å²) >= 11 is 3.33. The predicted molar refractivity (Wildman–Crippen MR) is 561 cm³/mol. The van der Waals surface area contributed by atoms with Crippen molar-refractivity contribution >= 4 is 125 Å². The number of methoxy groups -OCH3 is 5. The van der Waals surface area contributed by atoms with Crippen molar-refractivity contribution in [3.63, 3.8) is 0 Å². The second-order valence-corrected chi connectivity index (χ2v) is 38.8. The molecule has 39 heteroatoms. The van der Waals surface area contributed by atoms with Gasteiger partial charge in [-0.25, -0.2) is 38.7 Å². The zero-order chi connectivity index (χ0) is 102. The molecule has 15 heterocycles. The van der Waals surface area contributed by atoms with Gasteiger partial charge in [-0.1, -0.05) is 18.2 Å². The monoisotopic (exact) mass is 2040 g/mol. The maximum absolute atomic E-state index is 15.0. The summed E-state index contributed by atoms with van der Waals surface area (Å²) in [7, 11) is 7.89. The van der Waals surface area contributed by atoms with Gasteiger partial charge in [-0.3, -0.25) is 63.7 Å². The molecule has 15 aromatic rings. The average molecular weight is 2040 g/mol. The number of aromatic nitrogens is 13. The molecule has 9 aromatic heterocycles. The minimum Gasteiger partial charge on any atom is -0.491 e. The molecule has 3 fully saturated rings. The Morgan fingerprint density at radius 2 is 0.716 bits per heavy atom. The van der Waals surface area contributed by atoms with E-state index < -0.39 is 22.6 Å². The van der Waals surface area contributed by atoms with Gasteiger partial charge in [-0.15, -0.1) is 22.7 Å². The van der Waals surface area contributed by atoms with Crippen molar-refractivity contribution in [1.82, 2.24) is 94.9 Å². The van der Waals surface area contributed by atoms with Crippen LogP contribution in [0.2, 0.25) is 0 Å². The van der Waals surface area contributed by atoms with Gasteiger partial charge in [0.2, 0.25) is 17.7 Å². The summed E-state index contributed by atoms with van der Waals surface area (Å²) in [6, 6.07) is 53.2. The first-order chi connectivity index (χ1) is 72.2. The zero-order valence-electron chi connectivity index (χ0n) is 82.2. The minimum atomic E-state index is -1.12. The lowest BCUT2D eigenvalue weighted by atomic mass is 10.0. The smallest absolute Gasteiger partial charge is 0.258 e. The van der Waals surface area contributed by atoms with E-state index in [4.69, 9.17) is 33.2 Å². The molecule has 148 heavy (non-hydrogen) atoms. The van der Waals surface area contributed by atoms with E-state index in [-0.39, 0.29) is 73.1 Å². The molecule has 21 rings (SSSR count). The summed E-state index contributed by atoms with van der Waals surface area (Å²) in [5, 5.41) is 34.2. The number of hydrogen-bond acceptors (Lipinski definition) is 28. The van der Waals surface area contributed by atoms with Gasteiger partial charge in [0.15, 0.2) is 34.3 Å². The van der Waals surface area contributed by atoms with Gasteiger partial charge in [0.1, 0.15) is 42.0 Å². The Morgan fingerprint density at radius 1 is 0.372 bits per heavy atom. The SMILES string of the molecule is COCCOc1ccc(-c2n[nH]c3ccc(NC(=O)[C@]4(OC)CCN(CC(=O)N5CC=C(c6ccc(-c7ncccn7)s6)CC5)C4)cc23)cc1.COCCOc1ccc(-c2n[nH]c3ccc(NC(=O)[C@]4(OC)CCN(CC(=O)N5CC=C(c6ncc(-c7ncccn7)cc6F)CC5)C4)cc23)cc1.CO[C@@]1(C(=O)Nc2ccc3[nH]nc(-c4ccc(F)cc4)c3c2)CCN(CC(=O)N2CC=C(c3ccc(-c4ncccn4)s3)CC2)C1. The highest BCUT2D eigenvalue weighted by atomic mass is 32.1. The fourth-order valence-corrected chi connectivity index (χ4v) is 21.1. The molecule has 0 bridgehead atoms. The fraction of sp³-hybridized carbons (Fsp3) is 0.303. The zero-order valence-corrected chi connectivity index (χ0v) is 83.9. The standard InChI is InChI=1S/C38H39FN8O5.C37H39N7O5S.C34H32FN7O3S/c1-50-18-19-52-29-7-4-25(5-8-29)34-30-21-28(6-9-32(30)44-45-34)43-37(49)38(51-2)12-17-46(24-38)23-33(48)47-15-10-26(11-16-47)35-31(39)20-27(22-42-35)36-40-13-3-14-41-36;1-47-20-21-49-28-7-4-26(5-8-28)34-29-22-27(6-9-30(29)41-42-34)40-36(46)37(48-2)14-19-43(24-37)23-33(45)44-17-12-25(13-18-44)31-10-11-32(50-31)35-38-15-3-16-39-35;1-45-34(33(44)38-25-7-8-27-26(19-25)31(40-39-27)23-3-5-24(35)6-4-23)13-18-41(21-34)20-30(43)42-16-11-22(12-17-42)28-9-10-29(46-28)32-36-14-2-15-37-32/h3-10,13-14,20-22H,11-12,15-19,23-24H2,1-2H3,(H,43,49)(H,44,45);3-12,15-16,22H,13-14,17-21,23-24H2,1-2H3,(H,40,46)(H,41,42);2-11,14-15,19H,12-13,16-18,20-21H2,1H3,(H,38,44)(H,39,40)/t38-;37-;34-/m000/s1. The number of pyridine rings is 1. The number of likely N-dealkylation sites (tertiary alicyclic amines) is 3. The van der Waals surface area contributed by atoms with E-state index in [2.05, 4.69) is 106 Å². The number of rotatable bonds is 32. The number of benzene rings is 6. The van der Waals surface area contributed by atoms with Crippen LogP contribution in [0.1, 0.15) is 54.0 Å². The highest BCUT2D eigenvalue weighted by Crippen LogP contribution is 2.41. The minimum absolute atomic E-state index is 0.0332. The molecular weight excluding hydrogens is 1930 g/mol. The predicted octanol–water partition coefficient (Wildman–Crippen LogP) is 14.9. The van der Waals surface area contributed by atoms with Gasteiger partial charge in [0, 0.05) is 223 Å².